The molecule has 2 N–H and O–H groups in total. The Hall–Kier alpha value is -1.10. The van der Waals surface area contributed by atoms with Crippen LogP contribution in [0.4, 0.5) is 0 Å². The Morgan fingerprint density at radius 1 is 1.32 bits per heavy atom. The highest BCUT2D eigenvalue weighted by atomic mass is 16.3. The first-order chi connectivity index (χ1) is 8.88. The van der Waals surface area contributed by atoms with E-state index in [4.69, 9.17) is 5.11 Å². The lowest BCUT2D eigenvalue weighted by molar-refractivity contribution is -0.144. The molecule has 1 heterocycles. The molecule has 0 aliphatic carbocycles. The van der Waals surface area contributed by atoms with Crippen LogP contribution in [0.25, 0.3) is 0 Å². The van der Waals surface area contributed by atoms with Crippen LogP contribution in [0.3, 0.4) is 0 Å². The van der Waals surface area contributed by atoms with Crippen LogP contribution in [0.1, 0.15) is 46.5 Å². The third-order valence-electron chi connectivity index (χ3n) is 3.34. The van der Waals surface area contributed by atoms with Gasteiger partial charge in [0, 0.05) is 25.1 Å². The summed E-state index contributed by atoms with van der Waals surface area (Å²) in [6.07, 6.45) is 3.09. The van der Waals surface area contributed by atoms with Crippen LogP contribution in [0.15, 0.2) is 0 Å². The number of carbonyl (C=O) groups excluding carboxylic acids is 2. The Balaban J connectivity index is 2.51. The Bertz CT molecular complexity index is 323. The summed E-state index contributed by atoms with van der Waals surface area (Å²) in [6.45, 7) is 7.02. The predicted octanol–water partition coefficient (Wildman–Crippen LogP) is 0.912. The minimum Gasteiger partial charge on any atom is -0.396 e. The second kappa shape index (κ2) is 6.89. The second-order valence-corrected chi connectivity index (χ2v) is 6.13. The largest absolute Gasteiger partial charge is 0.396 e. The molecular weight excluding hydrogens is 244 g/mol. The number of hydrogen-bond donors (Lipinski definition) is 2. The highest BCUT2D eigenvalue weighted by Crippen LogP contribution is 2.25. The Morgan fingerprint density at radius 2 is 2.00 bits per heavy atom. The number of aliphatic hydroxyl groups is 1. The highest BCUT2D eigenvalue weighted by Gasteiger charge is 2.38. The molecule has 0 aromatic heterocycles. The number of amides is 2. The van der Waals surface area contributed by atoms with E-state index in [0.29, 0.717) is 19.5 Å². The lowest BCUT2D eigenvalue weighted by Gasteiger charge is -2.30. The number of nitrogens with zero attached hydrogens (tertiary/aromatic N) is 1. The molecule has 0 bridgehead atoms. The van der Waals surface area contributed by atoms with Crippen molar-refractivity contribution in [2.24, 2.45) is 5.41 Å². The average molecular weight is 270 g/mol. The average Bonchev–Trinajstić information content (AvgIpc) is 2.81. The molecular formula is C14H26N2O3. The lowest BCUT2D eigenvalue weighted by atomic mass is 9.94. The second-order valence-electron chi connectivity index (χ2n) is 6.13. The van der Waals surface area contributed by atoms with Crippen molar-refractivity contribution < 1.29 is 14.7 Å². The van der Waals surface area contributed by atoms with Crippen LogP contribution in [0, 0.1) is 5.41 Å². The van der Waals surface area contributed by atoms with Crippen molar-refractivity contribution >= 4 is 11.8 Å². The molecule has 1 fully saturated rings. The molecule has 19 heavy (non-hydrogen) atoms. The van der Waals surface area contributed by atoms with Crippen LogP contribution >= 0.6 is 0 Å². The van der Waals surface area contributed by atoms with Crippen LogP contribution in [0.5, 0.6) is 0 Å². The molecule has 2 amide bonds. The number of nitrogens with one attached hydrogen (secondary N) is 1. The standard InChI is InChI=1S/C14H26N2O3/c1-14(2,3)13(19)16-9-6-7-11(16)12(18)15-8-4-5-10-17/h11,17H,4-10H2,1-3H3,(H,15,18). The summed E-state index contributed by atoms with van der Waals surface area (Å²) < 4.78 is 0. The maximum Gasteiger partial charge on any atom is 0.242 e. The maximum atomic E-state index is 12.3. The zero-order valence-electron chi connectivity index (χ0n) is 12.2. The van der Waals surface area contributed by atoms with E-state index in [1.54, 1.807) is 4.90 Å². The molecule has 1 saturated heterocycles. The third-order valence-corrected chi connectivity index (χ3v) is 3.34. The zero-order chi connectivity index (χ0) is 14.5. The number of aliphatic hydroxyl groups excluding tert-OH is 1. The van der Waals surface area contributed by atoms with Gasteiger partial charge in [-0.05, 0) is 25.7 Å². The van der Waals surface area contributed by atoms with E-state index in [2.05, 4.69) is 5.32 Å². The van der Waals surface area contributed by atoms with E-state index in [1.165, 1.54) is 0 Å². The first-order valence-corrected chi connectivity index (χ1v) is 7.07. The summed E-state index contributed by atoms with van der Waals surface area (Å²) >= 11 is 0. The molecule has 1 unspecified atom stereocenters. The van der Waals surface area contributed by atoms with Crippen LogP contribution in [0.2, 0.25) is 0 Å². The van der Waals surface area contributed by atoms with Gasteiger partial charge in [0.25, 0.3) is 0 Å². The Morgan fingerprint density at radius 3 is 2.58 bits per heavy atom. The summed E-state index contributed by atoms with van der Waals surface area (Å²) in [4.78, 5) is 26.1. The van der Waals surface area contributed by atoms with Crippen LogP contribution < -0.4 is 5.32 Å². The number of hydrogen-bond acceptors (Lipinski definition) is 3. The van der Waals surface area contributed by atoms with E-state index < -0.39 is 5.41 Å². The molecule has 110 valence electrons. The van der Waals surface area contributed by atoms with Crippen LogP contribution in [-0.2, 0) is 9.59 Å². The van der Waals surface area contributed by atoms with Gasteiger partial charge in [-0.3, -0.25) is 9.59 Å². The summed E-state index contributed by atoms with van der Waals surface area (Å²) in [5.41, 5.74) is -0.445. The van der Waals surface area contributed by atoms with Crippen molar-refractivity contribution in [3.05, 3.63) is 0 Å². The molecule has 0 aromatic carbocycles. The molecule has 5 heteroatoms. The van der Waals surface area contributed by atoms with Crippen LogP contribution in [-0.4, -0.2) is 47.6 Å². The first kappa shape index (κ1) is 16.0. The van der Waals surface area contributed by atoms with Crippen molar-refractivity contribution in [3.63, 3.8) is 0 Å². The highest BCUT2D eigenvalue weighted by molar-refractivity contribution is 5.90. The normalized spacial score (nSPS) is 19.6. The smallest absolute Gasteiger partial charge is 0.242 e. The van der Waals surface area contributed by atoms with Crippen molar-refractivity contribution in [1.82, 2.24) is 10.2 Å². The monoisotopic (exact) mass is 270 g/mol. The topological polar surface area (TPSA) is 69.6 Å². The van der Waals surface area contributed by atoms with Gasteiger partial charge in [0.05, 0.1) is 0 Å². The number of carbonyl (C=O) groups is 2. The van der Waals surface area contributed by atoms with Crippen molar-refractivity contribution in [1.29, 1.82) is 0 Å². The van der Waals surface area contributed by atoms with Gasteiger partial charge in [0.2, 0.25) is 11.8 Å². The fourth-order valence-corrected chi connectivity index (χ4v) is 2.28. The van der Waals surface area contributed by atoms with Crippen molar-refractivity contribution in [2.45, 2.75) is 52.5 Å². The predicted molar refractivity (Wildman–Crippen MR) is 73.5 cm³/mol. The van der Waals surface area contributed by atoms with Gasteiger partial charge in [0.15, 0.2) is 0 Å². The Labute approximate surface area is 115 Å². The molecule has 1 atom stereocenters. The summed E-state index contributed by atoms with van der Waals surface area (Å²) in [5.74, 6) is -0.0199. The van der Waals surface area contributed by atoms with Gasteiger partial charge >= 0.3 is 0 Å². The molecule has 0 aromatic rings. The SMILES string of the molecule is CC(C)(C)C(=O)N1CCCC1C(=O)NCCCCO. The molecule has 0 radical (unpaired) electrons. The van der Waals surface area contributed by atoms with E-state index >= 15 is 0 Å². The molecule has 1 aliphatic heterocycles. The van der Waals surface area contributed by atoms with Gasteiger partial charge in [-0.15, -0.1) is 0 Å². The summed E-state index contributed by atoms with van der Waals surface area (Å²) in [7, 11) is 0. The number of unbranched alkanes of at least 4 members (excludes halogenated alkanes) is 1. The molecule has 5 nitrogen and oxygen atoms in total. The molecule has 0 spiro atoms. The number of rotatable bonds is 5. The van der Waals surface area contributed by atoms with E-state index in [9.17, 15) is 9.59 Å². The molecule has 1 rings (SSSR count). The first-order valence-electron chi connectivity index (χ1n) is 7.07. The third kappa shape index (κ3) is 4.49. The minimum atomic E-state index is -0.445. The number of likely N-dealkylation sites (tertiary alicyclic amines) is 1. The Kier molecular flexibility index (Phi) is 5.79. The van der Waals surface area contributed by atoms with Gasteiger partial charge in [0.1, 0.15) is 6.04 Å². The molecule has 0 saturated carbocycles. The van der Waals surface area contributed by atoms with Crippen molar-refractivity contribution in [3.8, 4) is 0 Å². The van der Waals surface area contributed by atoms with Gasteiger partial charge < -0.3 is 15.3 Å². The molecule has 1 aliphatic rings. The van der Waals surface area contributed by atoms with Gasteiger partial charge in [-0.2, -0.15) is 0 Å². The lowest BCUT2D eigenvalue weighted by Crippen LogP contribution is -2.49. The fourth-order valence-electron chi connectivity index (χ4n) is 2.28. The van der Waals surface area contributed by atoms with Gasteiger partial charge in [-0.1, -0.05) is 20.8 Å². The maximum absolute atomic E-state index is 12.3. The van der Waals surface area contributed by atoms with E-state index in [-0.39, 0.29) is 24.5 Å². The fraction of sp³-hybridized carbons (Fsp3) is 0.857. The summed E-state index contributed by atoms with van der Waals surface area (Å²) in [6, 6.07) is -0.319. The summed E-state index contributed by atoms with van der Waals surface area (Å²) in [5, 5.41) is 11.5. The minimum absolute atomic E-state index is 0.0421. The van der Waals surface area contributed by atoms with Gasteiger partial charge in [-0.25, -0.2) is 0 Å². The van der Waals surface area contributed by atoms with Crippen molar-refractivity contribution in [2.75, 3.05) is 19.7 Å². The van der Waals surface area contributed by atoms with E-state index in [0.717, 1.165) is 19.3 Å². The quantitative estimate of drug-likeness (QED) is 0.730. The van der Waals surface area contributed by atoms with E-state index in [1.807, 2.05) is 20.8 Å². The zero-order valence-corrected chi connectivity index (χ0v) is 12.2.